The number of alkyl halides is 6. The normalized spacial score (nSPS) is 18.3. The van der Waals surface area contributed by atoms with Gasteiger partial charge in [0.05, 0.1) is 17.1 Å². The van der Waals surface area contributed by atoms with Crippen LogP contribution < -0.4 is 15.5 Å². The fourth-order valence-electron chi connectivity index (χ4n) is 5.40. The molecule has 0 saturated carbocycles. The average Bonchev–Trinajstić information content (AvgIpc) is 3.01. The summed E-state index contributed by atoms with van der Waals surface area (Å²) < 4.78 is 78.5. The Morgan fingerprint density at radius 2 is 1.67 bits per heavy atom. The van der Waals surface area contributed by atoms with E-state index in [0.717, 1.165) is 12.5 Å². The number of nitrogens with zero attached hydrogens (tertiary/aromatic N) is 2. The van der Waals surface area contributed by atoms with Crippen LogP contribution in [0, 0.1) is 18.8 Å². The van der Waals surface area contributed by atoms with Gasteiger partial charge in [-0.25, -0.2) is 4.99 Å². The van der Waals surface area contributed by atoms with E-state index in [-0.39, 0.29) is 6.54 Å². The molecule has 2 aromatic rings. The van der Waals surface area contributed by atoms with Crippen LogP contribution in [0.25, 0.3) is 0 Å². The van der Waals surface area contributed by atoms with Crippen molar-refractivity contribution in [3.05, 3.63) is 59.2 Å². The van der Waals surface area contributed by atoms with Crippen molar-refractivity contribution in [3.63, 3.8) is 0 Å². The summed E-state index contributed by atoms with van der Waals surface area (Å²) in [7, 11) is 0. The largest absolute Gasteiger partial charge is 0.389 e. The number of hydrogen-bond acceptors (Lipinski definition) is 5. The topological polar surface area (TPSA) is 90.9 Å². The van der Waals surface area contributed by atoms with Gasteiger partial charge in [0.25, 0.3) is 5.91 Å². The summed E-state index contributed by atoms with van der Waals surface area (Å²) in [6.45, 7) is 3.37. The van der Waals surface area contributed by atoms with E-state index in [9.17, 15) is 40.7 Å². The molecule has 0 fully saturated rings. The van der Waals surface area contributed by atoms with Gasteiger partial charge in [-0.3, -0.25) is 14.4 Å². The average molecular weight is 597 g/mol. The third-order valence-electron chi connectivity index (χ3n) is 7.36. The maximum atomic E-state index is 13.8. The van der Waals surface area contributed by atoms with Crippen LogP contribution in [-0.4, -0.2) is 54.9 Å². The number of rotatable bonds is 9. The second kappa shape index (κ2) is 12.1. The van der Waals surface area contributed by atoms with Crippen LogP contribution >= 0.6 is 0 Å². The number of nitrogens with one attached hydrogen (secondary N) is 2. The number of carbonyl (C=O) groups excluding carboxylic acids is 3. The molecule has 2 N–H and O–H groups in total. The fraction of sp³-hybridized carbons (Fsp3) is 0.448. The van der Waals surface area contributed by atoms with Crippen molar-refractivity contribution in [2.24, 2.45) is 16.8 Å². The molecule has 0 bridgehead atoms. The lowest BCUT2D eigenvalue weighted by Gasteiger charge is -2.32. The Hall–Kier alpha value is -3.90. The Kier molecular flexibility index (Phi) is 8.98. The Morgan fingerprint density at radius 1 is 1.02 bits per heavy atom. The van der Waals surface area contributed by atoms with Gasteiger partial charge in [-0.1, -0.05) is 35.9 Å². The summed E-state index contributed by atoms with van der Waals surface area (Å²) >= 11 is 0. The minimum absolute atomic E-state index is 0.199. The van der Waals surface area contributed by atoms with E-state index in [1.807, 2.05) is 19.1 Å². The molecule has 13 heteroatoms. The highest BCUT2D eigenvalue weighted by Gasteiger charge is 2.41. The van der Waals surface area contributed by atoms with Crippen molar-refractivity contribution in [1.82, 2.24) is 5.32 Å². The summed E-state index contributed by atoms with van der Waals surface area (Å²) in [5.74, 6) is -6.06. The molecule has 2 amide bonds. The van der Waals surface area contributed by atoms with Gasteiger partial charge >= 0.3 is 12.4 Å². The molecule has 0 radical (unpaired) electrons. The van der Waals surface area contributed by atoms with Gasteiger partial charge in [0, 0.05) is 48.9 Å². The maximum Gasteiger partial charge on any atom is 0.389 e. The molecule has 42 heavy (non-hydrogen) atoms. The molecule has 226 valence electrons. The van der Waals surface area contributed by atoms with Gasteiger partial charge in [0.1, 0.15) is 5.78 Å². The zero-order valence-corrected chi connectivity index (χ0v) is 22.9. The van der Waals surface area contributed by atoms with Crippen LogP contribution in [0.15, 0.2) is 47.5 Å². The molecule has 2 heterocycles. The van der Waals surface area contributed by atoms with Crippen LogP contribution in [0.1, 0.15) is 49.3 Å². The molecule has 0 saturated heterocycles. The molecule has 2 aromatic carbocycles. The Bertz CT molecular complexity index is 1390. The lowest BCUT2D eigenvalue weighted by molar-refractivity contribution is -0.152. The molecule has 2 aliphatic heterocycles. The summed E-state index contributed by atoms with van der Waals surface area (Å²) in [5, 5.41) is 5.62. The summed E-state index contributed by atoms with van der Waals surface area (Å²) in [4.78, 5) is 45.7. The number of anilines is 2. The zero-order valence-electron chi connectivity index (χ0n) is 22.9. The van der Waals surface area contributed by atoms with Crippen molar-refractivity contribution in [1.29, 1.82) is 0 Å². The first-order chi connectivity index (χ1) is 19.6. The third-order valence-corrected chi connectivity index (χ3v) is 7.36. The number of ketones is 1. The minimum Gasteiger partial charge on any atom is -0.382 e. The number of aryl methyl sites for hydroxylation is 1. The van der Waals surface area contributed by atoms with Crippen molar-refractivity contribution in [2.75, 3.05) is 23.3 Å². The first kappa shape index (κ1) is 31.0. The quantitative estimate of drug-likeness (QED) is 0.372. The smallest absolute Gasteiger partial charge is 0.382 e. The van der Waals surface area contributed by atoms with Gasteiger partial charge in [-0.2, -0.15) is 26.3 Å². The summed E-state index contributed by atoms with van der Waals surface area (Å²) in [5.41, 5.74) is 3.58. The van der Waals surface area contributed by atoms with Gasteiger partial charge in [0.2, 0.25) is 12.1 Å². The van der Waals surface area contributed by atoms with Crippen molar-refractivity contribution in [2.45, 2.75) is 58.0 Å². The van der Waals surface area contributed by atoms with E-state index < -0.39 is 73.6 Å². The van der Waals surface area contributed by atoms with E-state index in [4.69, 9.17) is 0 Å². The second-order valence-electron chi connectivity index (χ2n) is 10.5. The first-order valence-corrected chi connectivity index (χ1v) is 13.4. The zero-order chi connectivity index (χ0) is 30.8. The molecule has 7 nitrogen and oxygen atoms in total. The molecule has 0 spiro atoms. The highest BCUT2D eigenvalue weighted by atomic mass is 19.4. The first-order valence-electron chi connectivity index (χ1n) is 13.4. The number of Topliss-reactive ketones (excluding diaryl/α,β-unsaturated/α-hetero) is 1. The highest BCUT2D eigenvalue weighted by Crippen LogP contribution is 2.38. The Balaban J connectivity index is 1.75. The Morgan fingerprint density at radius 3 is 2.29 bits per heavy atom. The molecule has 0 aromatic heterocycles. The van der Waals surface area contributed by atoms with Crippen molar-refractivity contribution < 1.29 is 40.7 Å². The number of hydrogen-bond donors (Lipinski definition) is 2. The highest BCUT2D eigenvalue weighted by molar-refractivity contribution is 6.22. The van der Waals surface area contributed by atoms with Gasteiger partial charge in [-0.05, 0) is 38.8 Å². The number of benzene rings is 2. The number of para-hydroxylation sites is 1. The van der Waals surface area contributed by atoms with E-state index in [1.54, 1.807) is 30.3 Å². The molecule has 3 atom stereocenters. The summed E-state index contributed by atoms with van der Waals surface area (Å²) in [6.07, 6.45) is -15.8. The van der Waals surface area contributed by atoms with Crippen LogP contribution in [0.5, 0.6) is 0 Å². The molecular formula is C29H30F6N4O3. The molecular weight excluding hydrogens is 566 g/mol. The number of amides is 2. The van der Waals surface area contributed by atoms with E-state index >= 15 is 0 Å². The van der Waals surface area contributed by atoms with Crippen molar-refractivity contribution >= 4 is 34.7 Å². The third kappa shape index (κ3) is 7.29. The van der Waals surface area contributed by atoms with Crippen LogP contribution in [0.2, 0.25) is 0 Å². The predicted molar refractivity (Wildman–Crippen MR) is 144 cm³/mol. The molecule has 0 aliphatic carbocycles. The predicted octanol–water partition coefficient (Wildman–Crippen LogP) is 5.55. The maximum absolute atomic E-state index is 13.8. The van der Waals surface area contributed by atoms with Crippen LogP contribution in [0.3, 0.4) is 0 Å². The van der Waals surface area contributed by atoms with Gasteiger partial charge < -0.3 is 15.5 Å². The van der Waals surface area contributed by atoms with Gasteiger partial charge in [-0.15, -0.1) is 0 Å². The minimum atomic E-state index is -4.72. The molecule has 2 aliphatic rings. The van der Waals surface area contributed by atoms with E-state index in [0.29, 0.717) is 34.8 Å². The lowest BCUT2D eigenvalue weighted by atomic mass is 9.81. The lowest BCUT2D eigenvalue weighted by Crippen LogP contribution is -2.52. The monoisotopic (exact) mass is 596 g/mol. The SMILES string of the molecule is CC(=O)[C@@H](CCC(F)(F)F)[C@@H](CCC(F)(F)F)C(=O)N[C@H]1N=C(c2cccc(C)c2)c2cccc3c2N(CCN3)C1=O. The molecule has 4 rings (SSSR count). The standard InChI is InChI=1S/C29H30F6N4O3/c1-16-5-3-6-18(15-16)23-21-7-4-8-22-24(21)39(14-13-36-22)27(42)25(37-23)38-26(41)20(10-12-29(33,34)35)19(17(2)40)9-11-28(30,31)32/h3-8,15,19-20,25,36H,9-14H2,1-2H3,(H,38,41)/t19-,20-,25-/m1/s1. The van der Waals surface area contributed by atoms with E-state index in [1.165, 1.54) is 4.90 Å². The Labute approximate surface area is 238 Å². The van der Waals surface area contributed by atoms with Crippen molar-refractivity contribution in [3.8, 4) is 0 Å². The van der Waals surface area contributed by atoms with Gasteiger partial charge in [0.15, 0.2) is 0 Å². The number of aliphatic imine (C=N–C) groups is 1. The second-order valence-corrected chi connectivity index (χ2v) is 10.5. The number of carbonyl (C=O) groups is 3. The van der Waals surface area contributed by atoms with Crippen LogP contribution in [0.4, 0.5) is 37.7 Å². The van der Waals surface area contributed by atoms with E-state index in [2.05, 4.69) is 15.6 Å². The fourth-order valence-corrected chi connectivity index (χ4v) is 5.40. The molecule has 0 unspecified atom stereocenters. The summed E-state index contributed by atoms with van der Waals surface area (Å²) in [6, 6.07) is 12.5. The van der Waals surface area contributed by atoms with Crippen LogP contribution in [-0.2, 0) is 14.4 Å². The number of halogens is 6.